The summed E-state index contributed by atoms with van der Waals surface area (Å²) in [5.41, 5.74) is 6.51. The summed E-state index contributed by atoms with van der Waals surface area (Å²) in [6, 6.07) is 0. The number of nitrogens with zero attached hydrogens (tertiary/aromatic N) is 1. The summed E-state index contributed by atoms with van der Waals surface area (Å²) in [6.45, 7) is 4.80. The number of anilines is 1. The average Bonchev–Trinajstić information content (AvgIpc) is 2.70. The number of amides is 1. The monoisotopic (exact) mass is 257 g/mol. The highest BCUT2D eigenvalue weighted by Gasteiger charge is 2.11. The number of hydrogen-bond donors (Lipinski definition) is 2. The van der Waals surface area contributed by atoms with Crippen LogP contribution in [0.4, 0.5) is 5.13 Å². The summed E-state index contributed by atoms with van der Waals surface area (Å²) in [5.74, 6) is -0.0651. The quantitative estimate of drug-likeness (QED) is 0.720. The molecule has 0 fully saturated rings. The molecule has 3 N–H and O–H groups in total. The third kappa shape index (κ3) is 5.14. The minimum absolute atomic E-state index is 0.0651. The van der Waals surface area contributed by atoms with Gasteiger partial charge in [-0.1, -0.05) is 0 Å². The van der Waals surface area contributed by atoms with Gasteiger partial charge in [-0.05, 0) is 26.7 Å². The van der Waals surface area contributed by atoms with Gasteiger partial charge in [0.25, 0.3) is 0 Å². The van der Waals surface area contributed by atoms with Crippen molar-refractivity contribution in [1.29, 1.82) is 0 Å². The number of carbonyl (C=O) groups excluding carboxylic acids is 1. The van der Waals surface area contributed by atoms with Gasteiger partial charge in [0.05, 0.1) is 5.69 Å². The van der Waals surface area contributed by atoms with Crippen LogP contribution >= 0.6 is 11.3 Å². The van der Waals surface area contributed by atoms with Crippen LogP contribution in [0, 0.1) is 0 Å². The molecule has 0 aliphatic rings. The summed E-state index contributed by atoms with van der Waals surface area (Å²) in [7, 11) is 0. The number of aromatic nitrogens is 1. The Kier molecular flexibility index (Phi) is 5.93. The van der Waals surface area contributed by atoms with Gasteiger partial charge in [-0.3, -0.25) is 4.79 Å². The Labute approximate surface area is 105 Å². The van der Waals surface area contributed by atoms with Crippen molar-refractivity contribution in [2.45, 2.75) is 32.8 Å². The molecule has 96 valence electrons. The average molecular weight is 257 g/mol. The summed E-state index contributed by atoms with van der Waals surface area (Å²) in [4.78, 5) is 15.6. The van der Waals surface area contributed by atoms with Gasteiger partial charge in [0.1, 0.15) is 6.10 Å². The summed E-state index contributed by atoms with van der Waals surface area (Å²) < 4.78 is 5.18. The highest BCUT2D eigenvalue weighted by molar-refractivity contribution is 7.13. The number of nitrogens with one attached hydrogen (secondary N) is 1. The van der Waals surface area contributed by atoms with E-state index in [9.17, 15) is 4.79 Å². The number of rotatable bonds is 7. The predicted molar refractivity (Wildman–Crippen MR) is 68.9 cm³/mol. The second kappa shape index (κ2) is 7.24. The van der Waals surface area contributed by atoms with E-state index in [1.165, 1.54) is 11.3 Å². The number of thiazole rings is 1. The molecule has 0 saturated carbocycles. The molecule has 1 aromatic heterocycles. The third-order valence-electron chi connectivity index (χ3n) is 2.26. The first-order valence-electron chi connectivity index (χ1n) is 5.72. The highest BCUT2D eigenvalue weighted by atomic mass is 32.1. The second-order valence-corrected chi connectivity index (χ2v) is 4.56. The molecule has 1 heterocycles. The van der Waals surface area contributed by atoms with E-state index >= 15 is 0 Å². The molecule has 0 radical (unpaired) electrons. The van der Waals surface area contributed by atoms with Gasteiger partial charge in [0, 0.05) is 18.5 Å². The van der Waals surface area contributed by atoms with Crippen LogP contribution in [-0.4, -0.2) is 30.1 Å². The van der Waals surface area contributed by atoms with E-state index in [4.69, 9.17) is 10.5 Å². The Bertz CT molecular complexity index is 354. The molecular formula is C11H19N3O2S. The van der Waals surface area contributed by atoms with E-state index in [0.717, 1.165) is 18.5 Å². The second-order valence-electron chi connectivity index (χ2n) is 3.67. The Hall–Kier alpha value is -1.14. The molecule has 0 aliphatic carbocycles. The molecule has 17 heavy (non-hydrogen) atoms. The number of ether oxygens (including phenoxy) is 1. The van der Waals surface area contributed by atoms with E-state index < -0.39 is 0 Å². The van der Waals surface area contributed by atoms with Crippen molar-refractivity contribution in [1.82, 2.24) is 10.3 Å². The lowest BCUT2D eigenvalue weighted by atomic mass is 10.2. The van der Waals surface area contributed by atoms with Crippen LogP contribution in [0.3, 0.4) is 0 Å². The third-order valence-corrected chi connectivity index (χ3v) is 2.99. The molecule has 1 unspecified atom stereocenters. The number of nitrogen functional groups attached to an aromatic ring is 1. The first-order valence-corrected chi connectivity index (χ1v) is 6.60. The lowest BCUT2D eigenvalue weighted by Gasteiger charge is -2.11. The molecular weight excluding hydrogens is 238 g/mol. The van der Waals surface area contributed by atoms with E-state index in [1.54, 1.807) is 6.92 Å². The van der Waals surface area contributed by atoms with Crippen molar-refractivity contribution in [2.75, 3.05) is 18.9 Å². The maximum absolute atomic E-state index is 11.5. The zero-order valence-corrected chi connectivity index (χ0v) is 11.0. The summed E-state index contributed by atoms with van der Waals surface area (Å²) in [6.07, 6.45) is 1.31. The molecule has 6 heteroatoms. The van der Waals surface area contributed by atoms with Crippen molar-refractivity contribution in [3.63, 3.8) is 0 Å². The van der Waals surface area contributed by atoms with Crippen molar-refractivity contribution in [3.8, 4) is 0 Å². The molecule has 0 spiro atoms. The molecule has 0 bridgehead atoms. The number of nitrogens with two attached hydrogens (primary N) is 1. The van der Waals surface area contributed by atoms with E-state index in [1.807, 2.05) is 12.3 Å². The lowest BCUT2D eigenvalue weighted by Crippen LogP contribution is -2.35. The van der Waals surface area contributed by atoms with Crippen LogP contribution in [0.2, 0.25) is 0 Å². The maximum Gasteiger partial charge on any atom is 0.248 e. The van der Waals surface area contributed by atoms with Gasteiger partial charge < -0.3 is 15.8 Å². The van der Waals surface area contributed by atoms with Crippen LogP contribution in [-0.2, 0) is 16.0 Å². The van der Waals surface area contributed by atoms with Gasteiger partial charge in [0.2, 0.25) is 5.91 Å². The van der Waals surface area contributed by atoms with Crippen LogP contribution < -0.4 is 11.1 Å². The van der Waals surface area contributed by atoms with Gasteiger partial charge >= 0.3 is 0 Å². The first kappa shape index (κ1) is 13.9. The maximum atomic E-state index is 11.5. The molecule has 0 aromatic carbocycles. The molecule has 1 amide bonds. The fourth-order valence-electron chi connectivity index (χ4n) is 1.39. The summed E-state index contributed by atoms with van der Waals surface area (Å²) in [5, 5.41) is 5.36. The van der Waals surface area contributed by atoms with Crippen LogP contribution in [0.15, 0.2) is 5.38 Å². The van der Waals surface area contributed by atoms with Crippen LogP contribution in [0.25, 0.3) is 0 Å². The van der Waals surface area contributed by atoms with E-state index in [0.29, 0.717) is 18.3 Å². The molecule has 1 aromatic rings. The zero-order chi connectivity index (χ0) is 12.7. The molecule has 1 rings (SSSR count). The highest BCUT2D eigenvalue weighted by Crippen LogP contribution is 2.12. The lowest BCUT2D eigenvalue weighted by molar-refractivity contribution is -0.131. The SMILES string of the molecule is CCOC(C)C(=O)NCCCc1csc(N)n1. The normalized spacial score (nSPS) is 12.4. The van der Waals surface area contributed by atoms with Crippen LogP contribution in [0.5, 0.6) is 0 Å². The van der Waals surface area contributed by atoms with Crippen molar-refractivity contribution < 1.29 is 9.53 Å². The zero-order valence-electron chi connectivity index (χ0n) is 10.2. The minimum atomic E-state index is -0.380. The Balaban J connectivity index is 2.13. The Morgan fingerprint density at radius 1 is 1.71 bits per heavy atom. The number of aryl methyl sites for hydroxylation is 1. The Morgan fingerprint density at radius 3 is 3.06 bits per heavy atom. The van der Waals surface area contributed by atoms with Gasteiger partial charge in [-0.25, -0.2) is 4.98 Å². The standard InChI is InChI=1S/C11H19N3O2S/c1-3-16-8(2)10(15)13-6-4-5-9-7-17-11(12)14-9/h7-8H,3-6H2,1-2H3,(H2,12,14)(H,13,15). The van der Waals surface area contributed by atoms with Crippen molar-refractivity contribution in [3.05, 3.63) is 11.1 Å². The Morgan fingerprint density at radius 2 is 2.47 bits per heavy atom. The molecule has 0 saturated heterocycles. The van der Waals surface area contributed by atoms with E-state index in [-0.39, 0.29) is 12.0 Å². The molecule has 0 aliphatic heterocycles. The van der Waals surface area contributed by atoms with Crippen molar-refractivity contribution >= 4 is 22.4 Å². The van der Waals surface area contributed by atoms with Crippen molar-refractivity contribution in [2.24, 2.45) is 0 Å². The number of carbonyl (C=O) groups is 1. The largest absolute Gasteiger partial charge is 0.375 e. The smallest absolute Gasteiger partial charge is 0.248 e. The minimum Gasteiger partial charge on any atom is -0.375 e. The molecule has 1 atom stereocenters. The van der Waals surface area contributed by atoms with Gasteiger partial charge in [-0.15, -0.1) is 11.3 Å². The molecule has 5 nitrogen and oxygen atoms in total. The van der Waals surface area contributed by atoms with E-state index in [2.05, 4.69) is 10.3 Å². The predicted octanol–water partition coefficient (Wildman–Crippen LogP) is 1.20. The van der Waals surface area contributed by atoms with Gasteiger partial charge in [0.15, 0.2) is 5.13 Å². The topological polar surface area (TPSA) is 77.2 Å². The number of hydrogen-bond acceptors (Lipinski definition) is 5. The fourth-order valence-corrected chi connectivity index (χ4v) is 1.99. The first-order chi connectivity index (χ1) is 8.13. The van der Waals surface area contributed by atoms with Gasteiger partial charge in [-0.2, -0.15) is 0 Å². The summed E-state index contributed by atoms with van der Waals surface area (Å²) >= 11 is 1.44. The fraction of sp³-hybridized carbons (Fsp3) is 0.636. The van der Waals surface area contributed by atoms with Crippen LogP contribution in [0.1, 0.15) is 26.0 Å².